The van der Waals surface area contributed by atoms with Crippen molar-refractivity contribution in [2.75, 3.05) is 6.61 Å². The molecule has 128 valence electrons. The predicted molar refractivity (Wildman–Crippen MR) is 90.0 cm³/mol. The molecule has 0 aliphatic carbocycles. The van der Waals surface area contributed by atoms with E-state index in [0.717, 1.165) is 0 Å². The smallest absolute Gasteiger partial charge is 0.265 e. The number of ether oxygens (including phenoxy) is 2. The molecule has 2 aromatic rings. The molecular weight excluding hydrogens is 358 g/mol. The van der Waals surface area contributed by atoms with Gasteiger partial charge in [-0.15, -0.1) is 0 Å². The van der Waals surface area contributed by atoms with Gasteiger partial charge < -0.3 is 9.47 Å². The Morgan fingerprint density at radius 1 is 1.21 bits per heavy atom. The van der Waals surface area contributed by atoms with Crippen molar-refractivity contribution >= 4 is 29.1 Å². The minimum Gasteiger partial charge on any atom is -0.490 e. The van der Waals surface area contributed by atoms with Crippen LogP contribution in [0.5, 0.6) is 11.5 Å². The summed E-state index contributed by atoms with van der Waals surface area (Å²) in [5.41, 5.74) is 2.84. The second kappa shape index (κ2) is 8.19. The van der Waals surface area contributed by atoms with Crippen molar-refractivity contribution in [3.8, 4) is 11.5 Å². The number of nitrogens with one attached hydrogen (secondary N) is 1. The fraction of sp³-hybridized carbons (Fsp3) is 0.188. The molecule has 0 aliphatic rings. The monoisotopic (exact) mass is 372 g/mol. The summed E-state index contributed by atoms with van der Waals surface area (Å²) in [5.74, 6) is 4.73. The number of carbonyl (C=O) groups is 1. The Bertz CT molecular complexity index is 756. The van der Waals surface area contributed by atoms with Crippen LogP contribution in [0.3, 0.4) is 0 Å². The number of hydrazine groups is 1. The van der Waals surface area contributed by atoms with Gasteiger partial charge in [-0.1, -0.05) is 29.3 Å². The lowest BCUT2D eigenvalue weighted by molar-refractivity contribution is 0.0953. The summed E-state index contributed by atoms with van der Waals surface area (Å²) in [6, 6.07) is 6.87. The molecule has 8 heteroatoms. The van der Waals surface area contributed by atoms with E-state index in [1.54, 1.807) is 6.92 Å². The average Bonchev–Trinajstić information content (AvgIpc) is 2.55. The third kappa shape index (κ3) is 4.29. The second-order valence-electron chi connectivity index (χ2n) is 4.72. The molecule has 0 unspecified atom stereocenters. The van der Waals surface area contributed by atoms with E-state index < -0.39 is 11.7 Å². The van der Waals surface area contributed by atoms with Crippen LogP contribution in [0.2, 0.25) is 10.0 Å². The van der Waals surface area contributed by atoms with E-state index in [4.69, 9.17) is 38.5 Å². The van der Waals surface area contributed by atoms with Crippen LogP contribution in [-0.4, -0.2) is 12.5 Å². The minimum absolute atomic E-state index is 0.0569. The van der Waals surface area contributed by atoms with Crippen LogP contribution in [0.15, 0.2) is 30.3 Å². The lowest BCUT2D eigenvalue weighted by Gasteiger charge is -2.15. The van der Waals surface area contributed by atoms with Crippen molar-refractivity contribution in [1.29, 1.82) is 0 Å². The van der Waals surface area contributed by atoms with E-state index in [0.29, 0.717) is 17.9 Å². The van der Waals surface area contributed by atoms with E-state index in [9.17, 15) is 9.18 Å². The molecule has 0 fully saturated rings. The van der Waals surface area contributed by atoms with Gasteiger partial charge in [0, 0.05) is 11.1 Å². The number of rotatable bonds is 6. The van der Waals surface area contributed by atoms with E-state index in [2.05, 4.69) is 0 Å². The highest BCUT2D eigenvalue weighted by molar-refractivity contribution is 6.32. The first-order valence-electron chi connectivity index (χ1n) is 7.00. The Morgan fingerprint density at radius 2 is 1.96 bits per heavy atom. The second-order valence-corrected chi connectivity index (χ2v) is 5.53. The van der Waals surface area contributed by atoms with Gasteiger partial charge >= 0.3 is 0 Å². The molecular formula is C16H15Cl2FN2O3. The molecule has 0 heterocycles. The van der Waals surface area contributed by atoms with Gasteiger partial charge in [0.15, 0.2) is 11.5 Å². The summed E-state index contributed by atoms with van der Waals surface area (Å²) >= 11 is 12.2. The zero-order valence-electron chi connectivity index (χ0n) is 12.7. The highest BCUT2D eigenvalue weighted by Crippen LogP contribution is 2.37. The lowest BCUT2D eigenvalue weighted by atomic mass is 10.2. The zero-order chi connectivity index (χ0) is 17.7. The van der Waals surface area contributed by atoms with E-state index in [1.165, 1.54) is 30.3 Å². The highest BCUT2D eigenvalue weighted by Gasteiger charge is 2.16. The molecule has 2 aromatic carbocycles. The van der Waals surface area contributed by atoms with Crippen molar-refractivity contribution in [2.24, 2.45) is 5.84 Å². The van der Waals surface area contributed by atoms with E-state index in [-0.39, 0.29) is 28.0 Å². The van der Waals surface area contributed by atoms with Gasteiger partial charge in [-0.25, -0.2) is 10.2 Å². The van der Waals surface area contributed by atoms with E-state index in [1.807, 2.05) is 5.43 Å². The molecule has 0 saturated carbocycles. The van der Waals surface area contributed by atoms with Gasteiger partial charge in [0.25, 0.3) is 5.91 Å². The molecule has 0 aromatic heterocycles. The molecule has 3 N–H and O–H groups in total. The number of amides is 1. The van der Waals surface area contributed by atoms with Crippen LogP contribution in [0, 0.1) is 5.82 Å². The Labute approximate surface area is 148 Å². The first-order chi connectivity index (χ1) is 11.5. The summed E-state index contributed by atoms with van der Waals surface area (Å²) < 4.78 is 24.2. The Morgan fingerprint density at radius 3 is 2.58 bits per heavy atom. The van der Waals surface area contributed by atoms with Crippen LogP contribution in [0.25, 0.3) is 0 Å². The summed E-state index contributed by atoms with van der Waals surface area (Å²) in [5, 5.41) is 0.418. The molecule has 0 aliphatic heterocycles. The van der Waals surface area contributed by atoms with Crippen molar-refractivity contribution in [3.05, 3.63) is 57.3 Å². The summed E-state index contributed by atoms with van der Waals surface area (Å²) in [4.78, 5) is 11.6. The minimum atomic E-state index is -0.508. The summed E-state index contributed by atoms with van der Waals surface area (Å²) in [6.45, 7) is 2.18. The maximum atomic E-state index is 13.1. The third-order valence-electron chi connectivity index (χ3n) is 3.09. The molecule has 1 amide bonds. The first-order valence-corrected chi connectivity index (χ1v) is 7.75. The van der Waals surface area contributed by atoms with Gasteiger partial charge in [-0.3, -0.25) is 10.2 Å². The summed E-state index contributed by atoms with van der Waals surface area (Å²) in [6.07, 6.45) is 0. The quantitative estimate of drug-likeness (QED) is 0.460. The van der Waals surface area contributed by atoms with Crippen molar-refractivity contribution in [2.45, 2.75) is 13.5 Å². The fourth-order valence-corrected chi connectivity index (χ4v) is 2.46. The fourth-order valence-electron chi connectivity index (χ4n) is 1.97. The maximum absolute atomic E-state index is 13.1. The predicted octanol–water partition coefficient (Wildman–Crippen LogP) is 3.71. The number of halogens is 3. The molecule has 2 rings (SSSR count). The van der Waals surface area contributed by atoms with Crippen molar-refractivity contribution in [1.82, 2.24) is 5.43 Å². The van der Waals surface area contributed by atoms with Gasteiger partial charge in [-0.05, 0) is 31.2 Å². The zero-order valence-corrected chi connectivity index (χ0v) is 14.2. The topological polar surface area (TPSA) is 73.6 Å². The van der Waals surface area contributed by atoms with Gasteiger partial charge in [0.2, 0.25) is 0 Å². The normalized spacial score (nSPS) is 10.4. The molecule has 5 nitrogen and oxygen atoms in total. The Hall–Kier alpha value is -2.02. The SMILES string of the molecule is CCOc1cc(C(=O)NN)cc(Cl)c1OCc1ccc(F)cc1Cl. The highest BCUT2D eigenvalue weighted by atomic mass is 35.5. The van der Waals surface area contributed by atoms with Crippen molar-refractivity contribution < 1.29 is 18.7 Å². The number of nitrogen functional groups attached to an aromatic ring is 1. The molecule has 0 saturated heterocycles. The average molecular weight is 373 g/mol. The largest absolute Gasteiger partial charge is 0.490 e. The first kappa shape index (κ1) is 18.3. The maximum Gasteiger partial charge on any atom is 0.265 e. The molecule has 0 atom stereocenters. The number of benzene rings is 2. The van der Waals surface area contributed by atoms with Gasteiger partial charge in [-0.2, -0.15) is 0 Å². The third-order valence-corrected chi connectivity index (χ3v) is 3.72. The number of hydrogen-bond donors (Lipinski definition) is 2. The summed E-state index contributed by atoms with van der Waals surface area (Å²) in [7, 11) is 0. The van der Waals surface area contributed by atoms with Gasteiger partial charge in [0.05, 0.1) is 16.7 Å². The number of nitrogens with two attached hydrogens (primary N) is 1. The Balaban J connectivity index is 2.29. The Kier molecular flexibility index (Phi) is 6.25. The lowest BCUT2D eigenvalue weighted by Crippen LogP contribution is -2.30. The van der Waals surface area contributed by atoms with Crippen molar-refractivity contribution in [3.63, 3.8) is 0 Å². The molecule has 0 bridgehead atoms. The van der Waals surface area contributed by atoms with Crippen LogP contribution >= 0.6 is 23.2 Å². The van der Waals surface area contributed by atoms with E-state index >= 15 is 0 Å². The van der Waals surface area contributed by atoms with Crippen LogP contribution in [-0.2, 0) is 6.61 Å². The number of hydrogen-bond acceptors (Lipinski definition) is 4. The van der Waals surface area contributed by atoms with Crippen LogP contribution in [0.4, 0.5) is 4.39 Å². The molecule has 0 spiro atoms. The standard InChI is InChI=1S/C16H15Cl2FN2O3/c1-2-23-14-6-10(16(22)21-20)5-13(18)15(14)24-8-9-3-4-11(19)7-12(9)17/h3-7H,2,8,20H2,1H3,(H,21,22). The molecule has 0 radical (unpaired) electrons. The van der Waals surface area contributed by atoms with Crippen LogP contribution in [0.1, 0.15) is 22.8 Å². The van der Waals surface area contributed by atoms with Crippen LogP contribution < -0.4 is 20.7 Å². The molecule has 24 heavy (non-hydrogen) atoms. The van der Waals surface area contributed by atoms with Gasteiger partial charge in [0.1, 0.15) is 12.4 Å². The number of carbonyl (C=O) groups excluding carboxylic acids is 1.